The first kappa shape index (κ1) is 17.5. The summed E-state index contributed by atoms with van der Waals surface area (Å²) < 4.78 is 0. The number of benzene rings is 2. The van der Waals surface area contributed by atoms with Crippen LogP contribution in [0.4, 0.5) is 0 Å². The number of rotatable bonds is 10. The van der Waals surface area contributed by atoms with Crippen LogP contribution in [0, 0.1) is 0 Å². The van der Waals surface area contributed by atoms with Gasteiger partial charge in [0.2, 0.25) is 0 Å². The molecular weight excluding hydrogens is 302 g/mol. The standard InChI is InChI=1S/C24H29N/c1-2-3-4-5-6-7-8-12-19-23-24(20-15-10-9-11-16-20)21-17-13-14-18-22(21)25-23/h2,9-11,13-18,25H,1,3-8,12,19H2. The third-order valence-corrected chi connectivity index (χ3v) is 4.93. The van der Waals surface area contributed by atoms with Crippen LogP contribution in [0.1, 0.15) is 50.6 Å². The van der Waals surface area contributed by atoms with E-state index in [1.165, 1.54) is 66.2 Å². The highest BCUT2D eigenvalue weighted by atomic mass is 14.7. The van der Waals surface area contributed by atoms with E-state index in [1.807, 2.05) is 6.08 Å². The lowest BCUT2D eigenvalue weighted by Crippen LogP contribution is -1.90. The molecule has 3 rings (SSSR count). The van der Waals surface area contributed by atoms with Gasteiger partial charge in [-0.15, -0.1) is 6.58 Å². The van der Waals surface area contributed by atoms with Crippen LogP contribution in [0.25, 0.3) is 22.0 Å². The molecule has 0 fully saturated rings. The summed E-state index contributed by atoms with van der Waals surface area (Å²) >= 11 is 0. The van der Waals surface area contributed by atoms with E-state index in [-0.39, 0.29) is 0 Å². The van der Waals surface area contributed by atoms with E-state index in [1.54, 1.807) is 0 Å². The van der Waals surface area contributed by atoms with Crippen LogP contribution in [0.2, 0.25) is 0 Å². The lowest BCUT2D eigenvalue weighted by atomic mass is 9.99. The van der Waals surface area contributed by atoms with Crippen molar-refractivity contribution >= 4 is 10.9 Å². The summed E-state index contributed by atoms with van der Waals surface area (Å²) in [6, 6.07) is 19.5. The van der Waals surface area contributed by atoms with Gasteiger partial charge in [-0.3, -0.25) is 0 Å². The van der Waals surface area contributed by atoms with Crippen LogP contribution in [-0.4, -0.2) is 4.98 Å². The zero-order chi connectivity index (χ0) is 17.3. The number of fused-ring (bicyclic) bond motifs is 1. The van der Waals surface area contributed by atoms with Crippen molar-refractivity contribution in [2.24, 2.45) is 0 Å². The molecule has 0 radical (unpaired) electrons. The SMILES string of the molecule is C=CCCCCCCCCc1[nH]c2ccccc2c1-c1ccccc1. The van der Waals surface area contributed by atoms with Crippen molar-refractivity contribution in [2.45, 2.75) is 51.4 Å². The maximum Gasteiger partial charge on any atom is 0.0462 e. The molecule has 0 amide bonds. The van der Waals surface area contributed by atoms with Crippen molar-refractivity contribution in [3.8, 4) is 11.1 Å². The van der Waals surface area contributed by atoms with Gasteiger partial charge in [0.1, 0.15) is 0 Å². The molecule has 0 aliphatic heterocycles. The Labute approximate surface area is 151 Å². The summed E-state index contributed by atoms with van der Waals surface area (Å²) in [5, 5.41) is 1.34. The quantitative estimate of drug-likeness (QED) is 0.296. The molecule has 0 bridgehead atoms. The van der Waals surface area contributed by atoms with Gasteiger partial charge < -0.3 is 4.98 Å². The Morgan fingerprint density at radius 2 is 1.44 bits per heavy atom. The summed E-state index contributed by atoms with van der Waals surface area (Å²) in [4.78, 5) is 3.67. The summed E-state index contributed by atoms with van der Waals surface area (Å²) in [5.41, 5.74) is 5.35. The Balaban J connectivity index is 1.64. The lowest BCUT2D eigenvalue weighted by Gasteiger charge is -2.06. The van der Waals surface area contributed by atoms with Crippen molar-refractivity contribution in [3.63, 3.8) is 0 Å². The molecule has 0 spiro atoms. The average Bonchev–Trinajstić information content (AvgIpc) is 3.03. The predicted octanol–water partition coefficient (Wildman–Crippen LogP) is 7.29. The van der Waals surface area contributed by atoms with Crippen LogP contribution in [-0.2, 0) is 6.42 Å². The Morgan fingerprint density at radius 3 is 2.24 bits per heavy atom. The fourth-order valence-corrected chi connectivity index (χ4v) is 3.62. The Bertz CT molecular complexity index is 782. The van der Waals surface area contributed by atoms with Crippen LogP contribution in [0.3, 0.4) is 0 Å². The van der Waals surface area contributed by atoms with Crippen LogP contribution in [0.15, 0.2) is 67.3 Å². The van der Waals surface area contributed by atoms with Crippen LogP contribution >= 0.6 is 0 Å². The number of unbranched alkanes of at least 4 members (excludes halogenated alkanes) is 6. The Hall–Kier alpha value is -2.28. The molecule has 1 heterocycles. The van der Waals surface area contributed by atoms with Gasteiger partial charge in [0.25, 0.3) is 0 Å². The van der Waals surface area contributed by atoms with E-state index in [9.17, 15) is 0 Å². The summed E-state index contributed by atoms with van der Waals surface area (Å²) in [6.07, 6.45) is 12.2. The second-order valence-corrected chi connectivity index (χ2v) is 6.84. The molecule has 1 aromatic heterocycles. The van der Waals surface area contributed by atoms with Crippen molar-refractivity contribution in [1.82, 2.24) is 4.98 Å². The van der Waals surface area contributed by atoms with Gasteiger partial charge in [-0.1, -0.05) is 80.3 Å². The molecular formula is C24H29N. The number of hydrogen-bond donors (Lipinski definition) is 1. The summed E-state index contributed by atoms with van der Waals surface area (Å²) in [6.45, 7) is 3.79. The first-order chi connectivity index (χ1) is 12.4. The van der Waals surface area contributed by atoms with E-state index in [0.717, 1.165) is 12.8 Å². The van der Waals surface area contributed by atoms with Gasteiger partial charge in [-0.05, 0) is 37.3 Å². The Kier molecular flexibility index (Phi) is 6.50. The fraction of sp³-hybridized carbons (Fsp3) is 0.333. The molecule has 3 aromatic rings. The van der Waals surface area contributed by atoms with E-state index in [0.29, 0.717) is 0 Å². The van der Waals surface area contributed by atoms with Crippen molar-refractivity contribution in [1.29, 1.82) is 0 Å². The smallest absolute Gasteiger partial charge is 0.0462 e. The van der Waals surface area contributed by atoms with E-state index >= 15 is 0 Å². The molecule has 2 aromatic carbocycles. The Morgan fingerprint density at radius 1 is 0.760 bits per heavy atom. The highest BCUT2D eigenvalue weighted by Crippen LogP contribution is 2.33. The molecule has 0 atom stereocenters. The van der Waals surface area contributed by atoms with Gasteiger partial charge in [-0.25, -0.2) is 0 Å². The average molecular weight is 332 g/mol. The second kappa shape index (κ2) is 9.27. The van der Waals surface area contributed by atoms with Crippen molar-refractivity contribution in [2.75, 3.05) is 0 Å². The summed E-state index contributed by atoms with van der Waals surface area (Å²) in [7, 11) is 0. The molecule has 130 valence electrons. The molecule has 1 heteroatoms. The first-order valence-electron chi connectivity index (χ1n) is 9.66. The van der Waals surface area contributed by atoms with Crippen LogP contribution < -0.4 is 0 Å². The number of allylic oxidation sites excluding steroid dienone is 1. The lowest BCUT2D eigenvalue weighted by molar-refractivity contribution is 0.595. The first-order valence-corrected chi connectivity index (χ1v) is 9.66. The number of H-pyrrole nitrogens is 1. The van der Waals surface area contributed by atoms with E-state index in [2.05, 4.69) is 66.2 Å². The highest BCUT2D eigenvalue weighted by molar-refractivity contribution is 5.97. The number of para-hydroxylation sites is 1. The van der Waals surface area contributed by atoms with Gasteiger partial charge in [0.15, 0.2) is 0 Å². The van der Waals surface area contributed by atoms with Crippen molar-refractivity contribution in [3.05, 3.63) is 72.9 Å². The maximum atomic E-state index is 3.79. The summed E-state index contributed by atoms with van der Waals surface area (Å²) in [5.74, 6) is 0. The fourth-order valence-electron chi connectivity index (χ4n) is 3.62. The van der Waals surface area contributed by atoms with Gasteiger partial charge in [-0.2, -0.15) is 0 Å². The van der Waals surface area contributed by atoms with E-state index < -0.39 is 0 Å². The van der Waals surface area contributed by atoms with Crippen molar-refractivity contribution < 1.29 is 0 Å². The minimum absolute atomic E-state index is 1.13. The molecule has 0 aliphatic rings. The molecule has 1 nitrogen and oxygen atoms in total. The van der Waals surface area contributed by atoms with E-state index in [4.69, 9.17) is 0 Å². The molecule has 0 saturated carbocycles. The number of aromatic amines is 1. The zero-order valence-electron chi connectivity index (χ0n) is 15.1. The largest absolute Gasteiger partial charge is 0.358 e. The van der Waals surface area contributed by atoms with Gasteiger partial charge in [0.05, 0.1) is 0 Å². The topological polar surface area (TPSA) is 15.8 Å². The third kappa shape index (κ3) is 4.63. The minimum Gasteiger partial charge on any atom is -0.358 e. The highest BCUT2D eigenvalue weighted by Gasteiger charge is 2.12. The zero-order valence-corrected chi connectivity index (χ0v) is 15.1. The molecule has 0 saturated heterocycles. The van der Waals surface area contributed by atoms with Gasteiger partial charge >= 0.3 is 0 Å². The number of nitrogens with one attached hydrogen (secondary N) is 1. The second-order valence-electron chi connectivity index (χ2n) is 6.84. The number of aryl methyl sites for hydroxylation is 1. The maximum absolute atomic E-state index is 3.79. The minimum atomic E-state index is 1.13. The third-order valence-electron chi connectivity index (χ3n) is 4.93. The monoisotopic (exact) mass is 331 g/mol. The normalized spacial score (nSPS) is 11.0. The molecule has 0 aliphatic carbocycles. The molecule has 0 unspecified atom stereocenters. The molecule has 1 N–H and O–H groups in total. The predicted molar refractivity (Wildman–Crippen MR) is 110 cm³/mol. The van der Waals surface area contributed by atoms with Gasteiger partial charge in [0, 0.05) is 22.2 Å². The molecule has 25 heavy (non-hydrogen) atoms. The number of hydrogen-bond acceptors (Lipinski definition) is 0. The van der Waals surface area contributed by atoms with Crippen LogP contribution in [0.5, 0.6) is 0 Å². The number of aromatic nitrogens is 1.